The second-order valence-corrected chi connectivity index (χ2v) is 6.19. The van der Waals surface area contributed by atoms with E-state index in [9.17, 15) is 9.59 Å². The van der Waals surface area contributed by atoms with Gasteiger partial charge in [-0.15, -0.1) is 0 Å². The second-order valence-electron chi connectivity index (χ2n) is 6.19. The summed E-state index contributed by atoms with van der Waals surface area (Å²) >= 11 is 0. The first-order chi connectivity index (χ1) is 13.6. The lowest BCUT2D eigenvalue weighted by molar-refractivity contribution is 0.0946. The van der Waals surface area contributed by atoms with Gasteiger partial charge in [-0.2, -0.15) is 0 Å². The molecule has 8 nitrogen and oxygen atoms in total. The number of hydrogen-bond acceptors (Lipinski definition) is 6. The molecule has 0 aromatic heterocycles. The van der Waals surface area contributed by atoms with Gasteiger partial charge in [0, 0.05) is 50.6 Å². The summed E-state index contributed by atoms with van der Waals surface area (Å²) in [4.78, 5) is 24.0. The van der Waals surface area contributed by atoms with Gasteiger partial charge in [-0.3, -0.25) is 9.59 Å². The first-order valence-electron chi connectivity index (χ1n) is 9.26. The molecule has 2 amide bonds. The number of para-hydroxylation sites is 2. The molecule has 0 bridgehead atoms. The van der Waals surface area contributed by atoms with Crippen LogP contribution >= 0.6 is 0 Å². The van der Waals surface area contributed by atoms with E-state index in [2.05, 4.69) is 21.3 Å². The molecule has 0 heterocycles. The number of amides is 2. The largest absolute Gasteiger partial charge is 0.398 e. The van der Waals surface area contributed by atoms with Gasteiger partial charge in [0.15, 0.2) is 0 Å². The highest BCUT2D eigenvalue weighted by atomic mass is 16.2. The summed E-state index contributed by atoms with van der Waals surface area (Å²) in [6.45, 7) is 3.85. The molecule has 0 aliphatic heterocycles. The Balaban J connectivity index is 1.47. The third kappa shape index (κ3) is 6.90. The molecule has 2 aromatic rings. The van der Waals surface area contributed by atoms with Crippen molar-refractivity contribution in [2.24, 2.45) is 0 Å². The van der Waals surface area contributed by atoms with Gasteiger partial charge in [-0.25, -0.2) is 0 Å². The summed E-state index contributed by atoms with van der Waals surface area (Å²) in [6.07, 6.45) is 0. The molecule has 8 heteroatoms. The van der Waals surface area contributed by atoms with E-state index in [0.717, 1.165) is 13.1 Å². The van der Waals surface area contributed by atoms with Crippen molar-refractivity contribution in [3.05, 3.63) is 59.7 Å². The molecule has 0 saturated carbocycles. The molecule has 0 radical (unpaired) electrons. The van der Waals surface area contributed by atoms with Gasteiger partial charge in [0.2, 0.25) is 0 Å². The van der Waals surface area contributed by atoms with Crippen molar-refractivity contribution in [2.45, 2.75) is 0 Å². The predicted molar refractivity (Wildman–Crippen MR) is 112 cm³/mol. The summed E-state index contributed by atoms with van der Waals surface area (Å²) in [7, 11) is 0. The summed E-state index contributed by atoms with van der Waals surface area (Å²) < 4.78 is 0. The molecule has 0 aliphatic carbocycles. The van der Waals surface area contributed by atoms with Gasteiger partial charge in [-0.05, 0) is 24.3 Å². The first kappa shape index (κ1) is 21.2. The number of nitrogens with two attached hydrogens (primary N) is 2. The summed E-state index contributed by atoms with van der Waals surface area (Å²) in [6, 6.07) is 14.0. The van der Waals surface area contributed by atoms with Crippen LogP contribution in [0.25, 0.3) is 0 Å². The van der Waals surface area contributed by atoms with Crippen LogP contribution in [0.2, 0.25) is 0 Å². The topological polar surface area (TPSA) is 134 Å². The Hall–Kier alpha value is -3.10. The van der Waals surface area contributed by atoms with Crippen LogP contribution in [-0.2, 0) is 0 Å². The van der Waals surface area contributed by atoms with Crippen LogP contribution < -0.4 is 32.7 Å². The standard InChI is InChI=1S/C20H28N6O2/c21-17-7-3-1-5-15(17)19(27)25-13-11-23-9-10-24-12-14-26-20(28)16-6-2-4-8-18(16)22/h1-8,23-24H,9-14,21-22H2,(H,25,27)(H,26,28). The van der Waals surface area contributed by atoms with E-state index in [0.29, 0.717) is 48.7 Å². The van der Waals surface area contributed by atoms with Crippen LogP contribution in [0, 0.1) is 0 Å². The smallest absolute Gasteiger partial charge is 0.253 e. The lowest BCUT2D eigenvalue weighted by Crippen LogP contribution is -2.37. The van der Waals surface area contributed by atoms with Crippen molar-refractivity contribution in [3.63, 3.8) is 0 Å². The minimum Gasteiger partial charge on any atom is -0.398 e. The maximum atomic E-state index is 12.0. The van der Waals surface area contributed by atoms with Crippen molar-refractivity contribution in [3.8, 4) is 0 Å². The third-order valence-corrected chi connectivity index (χ3v) is 4.06. The Labute approximate surface area is 165 Å². The molecule has 8 N–H and O–H groups in total. The highest BCUT2D eigenvalue weighted by Gasteiger charge is 2.08. The molecular formula is C20H28N6O2. The highest BCUT2D eigenvalue weighted by molar-refractivity contribution is 5.99. The van der Waals surface area contributed by atoms with Crippen molar-refractivity contribution < 1.29 is 9.59 Å². The zero-order valence-corrected chi connectivity index (χ0v) is 15.8. The molecule has 2 aromatic carbocycles. The van der Waals surface area contributed by atoms with Crippen molar-refractivity contribution in [1.82, 2.24) is 21.3 Å². The lowest BCUT2D eigenvalue weighted by atomic mass is 10.1. The molecule has 28 heavy (non-hydrogen) atoms. The minimum atomic E-state index is -0.173. The van der Waals surface area contributed by atoms with Crippen LogP contribution in [-0.4, -0.2) is 51.1 Å². The van der Waals surface area contributed by atoms with E-state index >= 15 is 0 Å². The molecule has 0 atom stereocenters. The van der Waals surface area contributed by atoms with Crippen LogP contribution in [0.1, 0.15) is 20.7 Å². The van der Waals surface area contributed by atoms with E-state index in [1.165, 1.54) is 0 Å². The molecular weight excluding hydrogens is 356 g/mol. The Morgan fingerprint density at radius 1 is 0.607 bits per heavy atom. The number of nitrogen functional groups attached to an aromatic ring is 2. The minimum absolute atomic E-state index is 0.173. The van der Waals surface area contributed by atoms with Gasteiger partial charge >= 0.3 is 0 Å². The van der Waals surface area contributed by atoms with Gasteiger partial charge in [0.05, 0.1) is 11.1 Å². The van der Waals surface area contributed by atoms with E-state index in [1.807, 2.05) is 0 Å². The predicted octanol–water partition coefficient (Wildman–Crippen LogP) is 0.190. The van der Waals surface area contributed by atoms with Crippen molar-refractivity contribution in [2.75, 3.05) is 50.7 Å². The van der Waals surface area contributed by atoms with Gasteiger partial charge < -0.3 is 32.7 Å². The maximum absolute atomic E-state index is 12.0. The summed E-state index contributed by atoms with van der Waals surface area (Å²) in [5.74, 6) is -0.347. The average molecular weight is 384 g/mol. The van der Waals surface area contributed by atoms with Gasteiger partial charge in [0.1, 0.15) is 0 Å². The number of hydrogen-bond donors (Lipinski definition) is 6. The Morgan fingerprint density at radius 3 is 1.36 bits per heavy atom. The fourth-order valence-corrected chi connectivity index (χ4v) is 2.55. The quantitative estimate of drug-likeness (QED) is 0.242. The van der Waals surface area contributed by atoms with Crippen molar-refractivity contribution >= 4 is 23.2 Å². The Bertz CT molecular complexity index is 715. The SMILES string of the molecule is Nc1ccccc1C(=O)NCCNCCNCCNC(=O)c1ccccc1N. The van der Waals surface area contributed by atoms with E-state index in [1.54, 1.807) is 48.5 Å². The number of carbonyl (C=O) groups is 2. The molecule has 150 valence electrons. The maximum Gasteiger partial charge on any atom is 0.253 e. The lowest BCUT2D eigenvalue weighted by Gasteiger charge is -2.10. The van der Waals surface area contributed by atoms with Crippen LogP contribution in [0.15, 0.2) is 48.5 Å². The molecule has 0 saturated heterocycles. The molecule has 2 rings (SSSR count). The Morgan fingerprint density at radius 2 is 0.964 bits per heavy atom. The van der Waals surface area contributed by atoms with E-state index < -0.39 is 0 Å². The van der Waals surface area contributed by atoms with Gasteiger partial charge in [0.25, 0.3) is 11.8 Å². The van der Waals surface area contributed by atoms with E-state index in [-0.39, 0.29) is 11.8 Å². The number of rotatable bonds is 11. The fraction of sp³-hybridized carbons (Fsp3) is 0.300. The first-order valence-corrected chi connectivity index (χ1v) is 9.26. The summed E-state index contributed by atoms with van der Waals surface area (Å²) in [5, 5.41) is 12.1. The zero-order chi connectivity index (χ0) is 20.2. The van der Waals surface area contributed by atoms with Crippen LogP contribution in [0.3, 0.4) is 0 Å². The highest BCUT2D eigenvalue weighted by Crippen LogP contribution is 2.10. The van der Waals surface area contributed by atoms with E-state index in [4.69, 9.17) is 11.5 Å². The normalized spacial score (nSPS) is 10.4. The number of anilines is 2. The second kappa shape index (κ2) is 11.6. The number of benzene rings is 2. The molecule has 0 fully saturated rings. The Kier molecular flexibility index (Phi) is 8.77. The summed E-state index contributed by atoms with van der Waals surface area (Å²) in [5.41, 5.74) is 13.5. The number of nitrogens with one attached hydrogen (secondary N) is 4. The molecule has 0 unspecified atom stereocenters. The van der Waals surface area contributed by atoms with Crippen molar-refractivity contribution in [1.29, 1.82) is 0 Å². The van der Waals surface area contributed by atoms with Gasteiger partial charge in [-0.1, -0.05) is 24.3 Å². The number of carbonyl (C=O) groups excluding carboxylic acids is 2. The third-order valence-electron chi connectivity index (χ3n) is 4.06. The zero-order valence-electron chi connectivity index (χ0n) is 15.8. The molecule has 0 spiro atoms. The van der Waals surface area contributed by atoms with Crippen LogP contribution in [0.4, 0.5) is 11.4 Å². The fourth-order valence-electron chi connectivity index (χ4n) is 2.55. The molecule has 0 aliphatic rings. The van der Waals surface area contributed by atoms with Crippen LogP contribution in [0.5, 0.6) is 0 Å². The monoisotopic (exact) mass is 384 g/mol. The average Bonchev–Trinajstić information content (AvgIpc) is 2.69.